The molecule has 4 nitrogen and oxygen atoms in total. The van der Waals surface area contributed by atoms with Gasteiger partial charge in [-0.05, 0) is 31.0 Å². The van der Waals surface area contributed by atoms with Crippen molar-refractivity contribution in [1.29, 1.82) is 0 Å². The zero-order chi connectivity index (χ0) is 13.1. The van der Waals surface area contributed by atoms with Gasteiger partial charge in [0.15, 0.2) is 0 Å². The molecule has 1 fully saturated rings. The monoisotopic (exact) mass is 247 g/mol. The lowest BCUT2D eigenvalue weighted by Gasteiger charge is -2.24. The van der Waals surface area contributed by atoms with Gasteiger partial charge >= 0.3 is 5.97 Å². The quantitative estimate of drug-likeness (QED) is 0.892. The largest absolute Gasteiger partial charge is 0.478 e. The Morgan fingerprint density at radius 1 is 1.22 bits per heavy atom. The van der Waals surface area contributed by atoms with Gasteiger partial charge in [-0.1, -0.05) is 18.9 Å². The lowest BCUT2D eigenvalue weighted by molar-refractivity contribution is 0.0697. The Morgan fingerprint density at radius 2 is 1.83 bits per heavy atom. The molecule has 1 amide bonds. The molecule has 1 aromatic carbocycles. The molecule has 0 bridgehead atoms. The van der Waals surface area contributed by atoms with Crippen LogP contribution in [0, 0.1) is 0 Å². The minimum atomic E-state index is -1.01. The molecule has 1 aromatic rings. The van der Waals surface area contributed by atoms with Gasteiger partial charge < -0.3 is 10.0 Å². The number of carboxylic acids is 1. The summed E-state index contributed by atoms with van der Waals surface area (Å²) in [6.45, 7) is 0. The van der Waals surface area contributed by atoms with Crippen LogP contribution in [0.2, 0.25) is 0 Å². The Bertz CT molecular complexity index is 464. The summed E-state index contributed by atoms with van der Waals surface area (Å²) >= 11 is 0. The van der Waals surface area contributed by atoms with Crippen molar-refractivity contribution in [2.75, 3.05) is 7.05 Å². The molecular weight excluding hydrogens is 230 g/mol. The number of nitrogens with zero attached hydrogens (tertiary/aromatic N) is 1. The highest BCUT2D eigenvalue weighted by molar-refractivity contribution is 5.97. The molecule has 0 heterocycles. The lowest BCUT2D eigenvalue weighted by Crippen LogP contribution is -2.35. The maximum Gasteiger partial charge on any atom is 0.335 e. The van der Waals surface area contributed by atoms with Crippen LogP contribution in [-0.2, 0) is 0 Å². The first-order chi connectivity index (χ1) is 8.59. The van der Waals surface area contributed by atoms with E-state index in [0.29, 0.717) is 11.6 Å². The van der Waals surface area contributed by atoms with Crippen LogP contribution in [0.1, 0.15) is 46.4 Å². The predicted octanol–water partition coefficient (Wildman–Crippen LogP) is 2.40. The van der Waals surface area contributed by atoms with Gasteiger partial charge in [-0.2, -0.15) is 0 Å². The molecule has 1 aliphatic carbocycles. The van der Waals surface area contributed by atoms with E-state index in [-0.39, 0.29) is 11.5 Å². The molecule has 18 heavy (non-hydrogen) atoms. The van der Waals surface area contributed by atoms with Crippen molar-refractivity contribution >= 4 is 11.9 Å². The Hall–Kier alpha value is -1.84. The van der Waals surface area contributed by atoms with Gasteiger partial charge in [0.25, 0.3) is 5.91 Å². The number of hydrogen-bond donors (Lipinski definition) is 1. The van der Waals surface area contributed by atoms with Crippen LogP contribution < -0.4 is 0 Å². The second kappa shape index (κ2) is 5.21. The number of hydrogen-bond acceptors (Lipinski definition) is 2. The van der Waals surface area contributed by atoms with Crippen LogP contribution in [-0.4, -0.2) is 35.0 Å². The van der Waals surface area contributed by atoms with Gasteiger partial charge in [0.1, 0.15) is 0 Å². The first-order valence-electron chi connectivity index (χ1n) is 6.20. The van der Waals surface area contributed by atoms with Crippen molar-refractivity contribution in [3.05, 3.63) is 35.4 Å². The van der Waals surface area contributed by atoms with E-state index in [2.05, 4.69) is 0 Å². The van der Waals surface area contributed by atoms with Crippen LogP contribution in [0.5, 0.6) is 0 Å². The smallest absolute Gasteiger partial charge is 0.335 e. The van der Waals surface area contributed by atoms with E-state index in [9.17, 15) is 9.59 Å². The highest BCUT2D eigenvalue weighted by Gasteiger charge is 2.24. The third kappa shape index (κ3) is 2.53. The van der Waals surface area contributed by atoms with E-state index in [0.717, 1.165) is 25.7 Å². The molecular formula is C14H17NO3. The van der Waals surface area contributed by atoms with Gasteiger partial charge in [-0.3, -0.25) is 4.79 Å². The fourth-order valence-electron chi connectivity index (χ4n) is 2.45. The normalized spacial score (nSPS) is 15.6. The van der Waals surface area contributed by atoms with Crippen molar-refractivity contribution in [3.63, 3.8) is 0 Å². The van der Waals surface area contributed by atoms with Crippen LogP contribution in [0.3, 0.4) is 0 Å². The number of carbonyl (C=O) groups excluding carboxylic acids is 1. The Balaban J connectivity index is 2.17. The van der Waals surface area contributed by atoms with E-state index in [1.807, 2.05) is 0 Å². The van der Waals surface area contributed by atoms with Crippen LogP contribution in [0.4, 0.5) is 0 Å². The average Bonchev–Trinajstić information content (AvgIpc) is 2.91. The summed E-state index contributed by atoms with van der Waals surface area (Å²) in [7, 11) is 1.80. The van der Waals surface area contributed by atoms with E-state index in [1.165, 1.54) is 12.1 Å². The molecule has 1 aliphatic rings. The fraction of sp³-hybridized carbons (Fsp3) is 0.429. The maximum atomic E-state index is 12.2. The summed E-state index contributed by atoms with van der Waals surface area (Å²) in [5.41, 5.74) is 0.602. The van der Waals surface area contributed by atoms with E-state index in [1.54, 1.807) is 24.1 Å². The lowest BCUT2D eigenvalue weighted by atomic mass is 10.1. The highest BCUT2D eigenvalue weighted by atomic mass is 16.4. The zero-order valence-corrected chi connectivity index (χ0v) is 10.4. The molecule has 1 saturated carbocycles. The first-order valence-corrected chi connectivity index (χ1v) is 6.20. The minimum absolute atomic E-state index is 0.0926. The topological polar surface area (TPSA) is 57.6 Å². The maximum absolute atomic E-state index is 12.2. The highest BCUT2D eigenvalue weighted by Crippen LogP contribution is 2.23. The van der Waals surface area contributed by atoms with Gasteiger partial charge in [0, 0.05) is 18.7 Å². The zero-order valence-electron chi connectivity index (χ0n) is 10.4. The van der Waals surface area contributed by atoms with Gasteiger partial charge in [0.2, 0.25) is 0 Å². The standard InChI is InChI=1S/C14H17NO3/c1-15(12-7-2-3-8-12)13(16)10-5-4-6-11(9-10)14(17)18/h4-6,9,12H,2-3,7-8H2,1H3,(H,17,18). The van der Waals surface area contributed by atoms with E-state index in [4.69, 9.17) is 5.11 Å². The molecule has 0 atom stereocenters. The number of carboxylic acid groups (broad SMARTS) is 1. The molecule has 4 heteroatoms. The third-order valence-electron chi connectivity index (χ3n) is 3.55. The summed E-state index contributed by atoms with van der Waals surface area (Å²) < 4.78 is 0. The third-order valence-corrected chi connectivity index (χ3v) is 3.55. The Labute approximate surface area is 106 Å². The first kappa shape index (κ1) is 12.6. The van der Waals surface area contributed by atoms with Crippen molar-refractivity contribution in [1.82, 2.24) is 4.90 Å². The summed E-state index contributed by atoms with van der Waals surface area (Å²) in [5.74, 6) is -1.10. The summed E-state index contributed by atoms with van der Waals surface area (Å²) in [4.78, 5) is 24.9. The van der Waals surface area contributed by atoms with Crippen molar-refractivity contribution in [3.8, 4) is 0 Å². The number of benzene rings is 1. The fourth-order valence-corrected chi connectivity index (χ4v) is 2.45. The van der Waals surface area contributed by atoms with Gasteiger partial charge in [-0.25, -0.2) is 4.79 Å². The molecule has 1 N–H and O–H groups in total. The number of rotatable bonds is 3. The molecule has 2 rings (SSSR count). The molecule has 0 unspecified atom stereocenters. The average molecular weight is 247 g/mol. The van der Waals surface area contributed by atoms with Crippen LogP contribution in [0.15, 0.2) is 24.3 Å². The minimum Gasteiger partial charge on any atom is -0.478 e. The molecule has 0 aliphatic heterocycles. The number of aromatic carboxylic acids is 1. The molecule has 0 spiro atoms. The second-order valence-electron chi connectivity index (χ2n) is 4.74. The SMILES string of the molecule is CN(C(=O)c1cccc(C(=O)O)c1)C1CCCC1. The predicted molar refractivity (Wildman–Crippen MR) is 67.8 cm³/mol. The van der Waals surface area contributed by atoms with Gasteiger partial charge in [-0.15, -0.1) is 0 Å². The molecule has 0 radical (unpaired) electrons. The molecule has 0 saturated heterocycles. The number of carbonyl (C=O) groups is 2. The summed E-state index contributed by atoms with van der Waals surface area (Å²) in [6, 6.07) is 6.51. The van der Waals surface area contributed by atoms with Crippen LogP contribution in [0.25, 0.3) is 0 Å². The summed E-state index contributed by atoms with van der Waals surface area (Å²) in [5, 5.41) is 8.92. The van der Waals surface area contributed by atoms with E-state index >= 15 is 0 Å². The van der Waals surface area contributed by atoms with Crippen molar-refractivity contribution in [2.24, 2.45) is 0 Å². The number of amides is 1. The second-order valence-corrected chi connectivity index (χ2v) is 4.74. The van der Waals surface area contributed by atoms with Crippen LogP contribution >= 0.6 is 0 Å². The molecule has 96 valence electrons. The van der Waals surface area contributed by atoms with Gasteiger partial charge in [0.05, 0.1) is 5.56 Å². The Kier molecular flexibility index (Phi) is 3.65. The van der Waals surface area contributed by atoms with E-state index < -0.39 is 5.97 Å². The van der Waals surface area contributed by atoms with Crippen molar-refractivity contribution < 1.29 is 14.7 Å². The Morgan fingerprint density at radius 3 is 2.44 bits per heavy atom. The van der Waals surface area contributed by atoms with Crippen molar-refractivity contribution in [2.45, 2.75) is 31.7 Å². The molecule has 0 aromatic heterocycles. The summed E-state index contributed by atoms with van der Waals surface area (Å²) in [6.07, 6.45) is 4.41.